The summed E-state index contributed by atoms with van der Waals surface area (Å²) in [6, 6.07) is 0. The maximum absolute atomic E-state index is 5.92. The van der Waals surface area contributed by atoms with E-state index in [2.05, 4.69) is 53.7 Å². The van der Waals surface area contributed by atoms with Crippen LogP contribution in [0.3, 0.4) is 0 Å². The Balaban J connectivity index is 1.49. The highest BCUT2D eigenvalue weighted by Crippen LogP contribution is 2.69. The summed E-state index contributed by atoms with van der Waals surface area (Å²) in [5.74, 6) is 6.32. The molecule has 0 amide bonds. The summed E-state index contributed by atoms with van der Waals surface area (Å²) in [6.45, 7) is 15.0. The highest BCUT2D eigenvalue weighted by atomic mass is 16.7. The van der Waals surface area contributed by atoms with E-state index in [-0.39, 0.29) is 5.79 Å². The smallest absolute Gasteiger partial charge is 0.167 e. The Morgan fingerprint density at radius 1 is 0.818 bits per heavy atom. The number of allylic oxidation sites excluding steroid dienone is 2. The van der Waals surface area contributed by atoms with Crippen molar-refractivity contribution in [3.05, 3.63) is 12.2 Å². The van der Waals surface area contributed by atoms with E-state index < -0.39 is 0 Å². The molecular formula is C31H54O2. The number of hydrogen-bond acceptors (Lipinski definition) is 2. The zero-order chi connectivity index (χ0) is 24.0. The van der Waals surface area contributed by atoms with E-state index in [1.165, 1.54) is 51.4 Å². The second-order valence-electron chi connectivity index (χ2n) is 13.5. The van der Waals surface area contributed by atoms with Gasteiger partial charge in [0.2, 0.25) is 0 Å². The first-order valence-electron chi connectivity index (χ1n) is 14.4. The van der Waals surface area contributed by atoms with E-state index >= 15 is 0 Å². The molecule has 0 aromatic carbocycles. The lowest BCUT2D eigenvalue weighted by Gasteiger charge is -2.62. The fourth-order valence-corrected chi connectivity index (χ4v) is 9.84. The average Bonchev–Trinajstić information content (AvgIpc) is 3.16. The molecule has 0 saturated heterocycles. The van der Waals surface area contributed by atoms with Gasteiger partial charge in [0.1, 0.15) is 0 Å². The SMILES string of the molecule is CC[C@@H](/C=C/[C@@H](C)[C@@H]1CC[C@@H]2[C@H]3CC[C@H]4CC(OC)(OC)CC[C@]4(C)[C@@H]3CC[C@@]21C)C(C)C. The molecule has 33 heavy (non-hydrogen) atoms. The molecule has 4 aliphatic rings. The summed E-state index contributed by atoms with van der Waals surface area (Å²) in [4.78, 5) is 0. The normalized spacial score (nSPS) is 44.3. The third kappa shape index (κ3) is 4.28. The molecule has 4 fully saturated rings. The van der Waals surface area contributed by atoms with E-state index in [9.17, 15) is 0 Å². The van der Waals surface area contributed by atoms with Crippen molar-refractivity contribution in [3.8, 4) is 0 Å². The molecule has 0 N–H and O–H groups in total. The van der Waals surface area contributed by atoms with Crippen LogP contribution in [0.2, 0.25) is 0 Å². The Labute approximate surface area is 205 Å². The molecule has 0 heterocycles. The molecular weight excluding hydrogens is 404 g/mol. The zero-order valence-electron chi connectivity index (χ0n) is 23.2. The van der Waals surface area contributed by atoms with Gasteiger partial charge in [0, 0.05) is 27.1 Å². The Bertz CT molecular complexity index is 693. The van der Waals surface area contributed by atoms with Gasteiger partial charge in [-0.3, -0.25) is 0 Å². The van der Waals surface area contributed by atoms with E-state index in [4.69, 9.17) is 9.47 Å². The predicted molar refractivity (Wildman–Crippen MR) is 139 cm³/mol. The van der Waals surface area contributed by atoms with Crippen molar-refractivity contribution in [2.75, 3.05) is 14.2 Å². The van der Waals surface area contributed by atoms with Crippen LogP contribution >= 0.6 is 0 Å². The lowest BCUT2D eigenvalue weighted by atomic mass is 9.44. The Morgan fingerprint density at radius 2 is 1.52 bits per heavy atom. The van der Waals surface area contributed by atoms with Gasteiger partial charge in [-0.1, -0.05) is 53.7 Å². The first-order chi connectivity index (χ1) is 15.6. The van der Waals surface area contributed by atoms with Gasteiger partial charge in [0.05, 0.1) is 0 Å². The highest BCUT2D eigenvalue weighted by molar-refractivity contribution is 5.12. The third-order valence-corrected chi connectivity index (χ3v) is 12.1. The second kappa shape index (κ2) is 9.61. The minimum absolute atomic E-state index is 0.327. The van der Waals surface area contributed by atoms with E-state index in [1.54, 1.807) is 0 Å². The molecule has 4 saturated carbocycles. The van der Waals surface area contributed by atoms with Crippen LogP contribution in [-0.2, 0) is 9.47 Å². The summed E-state index contributed by atoms with van der Waals surface area (Å²) in [7, 11) is 3.70. The molecule has 9 atom stereocenters. The molecule has 2 nitrogen and oxygen atoms in total. The van der Waals surface area contributed by atoms with Gasteiger partial charge in [0.25, 0.3) is 0 Å². The Hall–Kier alpha value is -0.340. The molecule has 2 heteroatoms. The van der Waals surface area contributed by atoms with Crippen LogP contribution in [0, 0.1) is 58.2 Å². The standard InChI is InChI=1S/C31H54O2/c1-9-23(21(2)3)11-10-22(4)26-14-15-27-25-13-12-24-20-31(32-7,33-8)19-18-29(24,5)28(25)16-17-30(26,27)6/h10-11,21-28H,9,12-20H2,1-8H3/b11-10+/t22-,23+,24+,25-,26+,27-,28-,29+,30-/m1/s1. The molecule has 0 bridgehead atoms. The average molecular weight is 459 g/mol. The van der Waals surface area contributed by atoms with Crippen LogP contribution in [0.5, 0.6) is 0 Å². The van der Waals surface area contributed by atoms with E-state index in [0.717, 1.165) is 60.2 Å². The minimum Gasteiger partial charge on any atom is -0.353 e. The first-order valence-corrected chi connectivity index (χ1v) is 14.4. The summed E-state index contributed by atoms with van der Waals surface area (Å²) in [6.07, 6.45) is 18.5. The summed E-state index contributed by atoms with van der Waals surface area (Å²) in [5, 5.41) is 0. The van der Waals surface area contributed by atoms with Gasteiger partial charge in [0.15, 0.2) is 5.79 Å². The minimum atomic E-state index is -0.327. The van der Waals surface area contributed by atoms with Crippen molar-refractivity contribution in [2.45, 2.75) is 112 Å². The second-order valence-corrected chi connectivity index (χ2v) is 13.5. The fraction of sp³-hybridized carbons (Fsp3) is 0.935. The molecule has 0 aromatic heterocycles. The van der Waals surface area contributed by atoms with Gasteiger partial charge in [-0.25, -0.2) is 0 Å². The predicted octanol–water partition coefficient (Wildman–Crippen LogP) is 8.51. The van der Waals surface area contributed by atoms with Crippen LogP contribution in [0.15, 0.2) is 12.2 Å². The molecule has 190 valence electrons. The van der Waals surface area contributed by atoms with Gasteiger partial charge in [-0.2, -0.15) is 0 Å². The molecule has 0 aliphatic heterocycles. The first kappa shape index (κ1) is 25.7. The number of fused-ring (bicyclic) bond motifs is 5. The van der Waals surface area contributed by atoms with Crippen LogP contribution < -0.4 is 0 Å². The number of rotatable bonds is 7. The van der Waals surface area contributed by atoms with Crippen molar-refractivity contribution in [2.24, 2.45) is 58.2 Å². The topological polar surface area (TPSA) is 18.5 Å². The van der Waals surface area contributed by atoms with Crippen LogP contribution in [0.25, 0.3) is 0 Å². The zero-order valence-corrected chi connectivity index (χ0v) is 23.2. The molecule has 0 unspecified atom stereocenters. The summed E-state index contributed by atoms with van der Waals surface area (Å²) < 4.78 is 11.8. The Morgan fingerprint density at radius 3 is 2.15 bits per heavy atom. The van der Waals surface area contributed by atoms with Crippen LogP contribution in [0.1, 0.15) is 106 Å². The number of ether oxygens (including phenoxy) is 2. The van der Waals surface area contributed by atoms with Crippen LogP contribution in [-0.4, -0.2) is 20.0 Å². The summed E-state index contributed by atoms with van der Waals surface area (Å²) in [5.41, 5.74) is 1.03. The maximum Gasteiger partial charge on any atom is 0.167 e. The molecule has 0 spiro atoms. The van der Waals surface area contributed by atoms with Gasteiger partial charge >= 0.3 is 0 Å². The molecule has 0 radical (unpaired) electrons. The molecule has 4 rings (SSSR count). The lowest BCUT2D eigenvalue weighted by molar-refractivity contribution is -0.261. The number of methoxy groups -OCH3 is 2. The van der Waals surface area contributed by atoms with Crippen molar-refractivity contribution in [3.63, 3.8) is 0 Å². The molecule has 4 aliphatic carbocycles. The van der Waals surface area contributed by atoms with Crippen molar-refractivity contribution >= 4 is 0 Å². The summed E-state index contributed by atoms with van der Waals surface area (Å²) >= 11 is 0. The highest BCUT2D eigenvalue weighted by Gasteiger charge is 2.61. The maximum atomic E-state index is 5.92. The van der Waals surface area contributed by atoms with E-state index in [0.29, 0.717) is 10.8 Å². The van der Waals surface area contributed by atoms with Gasteiger partial charge in [-0.05, 0) is 110 Å². The van der Waals surface area contributed by atoms with Crippen molar-refractivity contribution < 1.29 is 9.47 Å². The third-order valence-electron chi connectivity index (χ3n) is 12.1. The van der Waals surface area contributed by atoms with Gasteiger partial charge in [-0.15, -0.1) is 0 Å². The molecule has 0 aromatic rings. The number of hydrogen-bond donors (Lipinski definition) is 0. The Kier molecular flexibility index (Phi) is 7.49. The quantitative estimate of drug-likeness (QED) is 0.281. The van der Waals surface area contributed by atoms with E-state index in [1.807, 2.05) is 14.2 Å². The van der Waals surface area contributed by atoms with Crippen LogP contribution in [0.4, 0.5) is 0 Å². The largest absolute Gasteiger partial charge is 0.353 e. The fourth-order valence-electron chi connectivity index (χ4n) is 9.84. The lowest BCUT2D eigenvalue weighted by Crippen LogP contribution is -2.56. The van der Waals surface area contributed by atoms with Crippen molar-refractivity contribution in [1.29, 1.82) is 0 Å². The monoisotopic (exact) mass is 458 g/mol. The van der Waals surface area contributed by atoms with Crippen molar-refractivity contribution in [1.82, 2.24) is 0 Å². The van der Waals surface area contributed by atoms with Gasteiger partial charge < -0.3 is 9.47 Å².